The average Bonchev–Trinajstić information content (AvgIpc) is 2.42. The monoisotopic (exact) mass is 308 g/mol. The molecule has 0 radical (unpaired) electrons. The highest BCUT2D eigenvalue weighted by molar-refractivity contribution is 5.04. The summed E-state index contributed by atoms with van der Waals surface area (Å²) < 4.78 is 0. The minimum absolute atomic E-state index is 0.00269. The highest BCUT2D eigenvalue weighted by atomic mass is 16.3. The Labute approximate surface area is 136 Å². The lowest BCUT2D eigenvalue weighted by Gasteiger charge is -2.58. The fourth-order valence-corrected chi connectivity index (χ4v) is 6.59. The molecule has 3 rings (SSSR count). The van der Waals surface area contributed by atoms with Crippen LogP contribution >= 0.6 is 0 Å². The molecule has 0 heterocycles. The van der Waals surface area contributed by atoms with Crippen LogP contribution in [-0.2, 0) is 0 Å². The van der Waals surface area contributed by atoms with Crippen molar-refractivity contribution in [3.8, 4) is 0 Å². The molecule has 8 atom stereocenters. The Balaban J connectivity index is 1.96. The van der Waals surface area contributed by atoms with Gasteiger partial charge in [-0.15, -0.1) is 0 Å². The van der Waals surface area contributed by atoms with Crippen LogP contribution in [0.3, 0.4) is 0 Å². The summed E-state index contributed by atoms with van der Waals surface area (Å²) >= 11 is 0. The van der Waals surface area contributed by atoms with Crippen LogP contribution in [0.2, 0.25) is 0 Å². The Morgan fingerprint density at radius 3 is 2.23 bits per heavy atom. The highest BCUT2D eigenvalue weighted by Crippen LogP contribution is 2.60. The van der Waals surface area contributed by atoms with Crippen molar-refractivity contribution in [3.05, 3.63) is 0 Å². The van der Waals surface area contributed by atoms with Gasteiger partial charge in [-0.3, -0.25) is 0 Å². The summed E-state index contributed by atoms with van der Waals surface area (Å²) in [5, 5.41) is 21.2. The first-order valence-corrected chi connectivity index (χ1v) is 9.54. The third-order valence-corrected chi connectivity index (χ3v) is 8.51. The number of hydrogen-bond donors (Lipinski definition) is 2. The van der Waals surface area contributed by atoms with E-state index in [-0.39, 0.29) is 17.6 Å². The van der Waals surface area contributed by atoms with Crippen molar-refractivity contribution in [3.63, 3.8) is 0 Å². The van der Waals surface area contributed by atoms with Gasteiger partial charge in [-0.1, -0.05) is 41.0 Å². The molecule has 2 heteroatoms. The lowest BCUT2D eigenvalue weighted by molar-refractivity contribution is -0.154. The number of aliphatic hydroxyl groups is 2. The van der Waals surface area contributed by atoms with Crippen LogP contribution in [0, 0.1) is 40.4 Å². The predicted molar refractivity (Wildman–Crippen MR) is 90.4 cm³/mol. The molecule has 2 nitrogen and oxygen atoms in total. The molecule has 3 aliphatic carbocycles. The van der Waals surface area contributed by atoms with Crippen LogP contribution in [0.1, 0.15) is 73.1 Å². The summed E-state index contributed by atoms with van der Waals surface area (Å²) in [4.78, 5) is 0. The number of fused-ring (bicyclic) bond motifs is 3. The maximum absolute atomic E-state index is 10.8. The summed E-state index contributed by atoms with van der Waals surface area (Å²) in [6.07, 6.45) is 6.18. The highest BCUT2D eigenvalue weighted by Gasteiger charge is 2.55. The van der Waals surface area contributed by atoms with Gasteiger partial charge >= 0.3 is 0 Å². The van der Waals surface area contributed by atoms with Gasteiger partial charge in [0.15, 0.2) is 0 Å². The number of hydrogen-bond acceptors (Lipinski definition) is 2. The number of aliphatic hydroxyl groups excluding tert-OH is 2. The van der Waals surface area contributed by atoms with Crippen LogP contribution in [0.4, 0.5) is 0 Å². The smallest absolute Gasteiger partial charge is 0.0621 e. The second-order valence-electron chi connectivity index (χ2n) is 9.74. The minimum atomic E-state index is -0.332. The normalized spacial score (nSPS) is 55.0. The van der Waals surface area contributed by atoms with E-state index in [1.54, 1.807) is 0 Å². The van der Waals surface area contributed by atoms with E-state index in [1.165, 1.54) is 25.7 Å². The van der Waals surface area contributed by atoms with Gasteiger partial charge < -0.3 is 10.2 Å². The lowest BCUT2D eigenvalue weighted by atomic mass is 9.48. The van der Waals surface area contributed by atoms with Crippen molar-refractivity contribution < 1.29 is 10.2 Å². The molecular weight excluding hydrogens is 272 g/mol. The van der Waals surface area contributed by atoms with Gasteiger partial charge in [-0.05, 0) is 66.1 Å². The van der Waals surface area contributed by atoms with Crippen LogP contribution in [0.15, 0.2) is 0 Å². The van der Waals surface area contributed by atoms with Crippen LogP contribution < -0.4 is 0 Å². The molecule has 0 aliphatic heterocycles. The molecule has 0 aromatic rings. The summed E-state index contributed by atoms with van der Waals surface area (Å²) in [5.41, 5.74) is 0.411. The van der Waals surface area contributed by atoms with E-state index in [2.05, 4.69) is 34.6 Å². The molecular formula is C20H36O2. The zero-order valence-corrected chi connectivity index (χ0v) is 15.2. The van der Waals surface area contributed by atoms with Gasteiger partial charge in [-0.2, -0.15) is 0 Å². The zero-order chi connectivity index (χ0) is 16.3. The lowest BCUT2D eigenvalue weighted by Crippen LogP contribution is -2.55. The predicted octanol–water partition coefficient (Wildman–Crippen LogP) is 4.24. The van der Waals surface area contributed by atoms with Crippen molar-refractivity contribution in [1.29, 1.82) is 0 Å². The van der Waals surface area contributed by atoms with E-state index in [9.17, 15) is 10.2 Å². The van der Waals surface area contributed by atoms with Crippen molar-refractivity contribution >= 4 is 0 Å². The molecule has 2 N–H and O–H groups in total. The Morgan fingerprint density at radius 1 is 0.864 bits per heavy atom. The Bertz CT molecular complexity index is 418. The quantitative estimate of drug-likeness (QED) is 0.702. The van der Waals surface area contributed by atoms with Crippen LogP contribution in [0.25, 0.3) is 0 Å². The summed E-state index contributed by atoms with van der Waals surface area (Å²) in [6, 6.07) is 0. The summed E-state index contributed by atoms with van der Waals surface area (Å²) in [7, 11) is 0. The first-order chi connectivity index (χ1) is 10.2. The maximum atomic E-state index is 10.8. The maximum Gasteiger partial charge on any atom is 0.0621 e. The number of rotatable bonds is 0. The topological polar surface area (TPSA) is 40.5 Å². The molecule has 2 bridgehead atoms. The standard InChI is InChI=1S/C20H36O2/c1-12-6-7-14-10-16-13(2)17(21)11-18(22)20(16,5)9-8-15(12)19(14,3)4/h12-18,21-22H,6-11H2,1-5H3/t12-,13-,14+,15+,16-,17?,18?,20+/m1/s1. The van der Waals surface area contributed by atoms with E-state index in [0.717, 1.165) is 24.2 Å². The van der Waals surface area contributed by atoms with Crippen molar-refractivity contribution in [2.45, 2.75) is 85.4 Å². The van der Waals surface area contributed by atoms with E-state index in [1.807, 2.05) is 0 Å². The molecule has 0 aromatic carbocycles. The second kappa shape index (κ2) is 5.48. The molecule has 128 valence electrons. The van der Waals surface area contributed by atoms with Crippen molar-refractivity contribution in [2.24, 2.45) is 40.4 Å². The Hall–Kier alpha value is -0.0800. The first kappa shape index (κ1) is 16.8. The molecule has 0 saturated heterocycles. The Morgan fingerprint density at radius 2 is 1.55 bits per heavy atom. The van der Waals surface area contributed by atoms with Gasteiger partial charge in [0, 0.05) is 6.42 Å². The molecule has 3 fully saturated rings. The van der Waals surface area contributed by atoms with Gasteiger partial charge in [0.05, 0.1) is 12.2 Å². The average molecular weight is 309 g/mol. The largest absolute Gasteiger partial charge is 0.393 e. The summed E-state index contributed by atoms with van der Waals surface area (Å²) in [6.45, 7) is 11.9. The molecule has 22 heavy (non-hydrogen) atoms. The molecule has 0 spiro atoms. The van der Waals surface area contributed by atoms with Crippen molar-refractivity contribution in [2.75, 3.05) is 0 Å². The fourth-order valence-electron chi connectivity index (χ4n) is 6.59. The first-order valence-electron chi connectivity index (χ1n) is 9.54. The molecule has 3 saturated carbocycles. The third kappa shape index (κ3) is 2.36. The van der Waals surface area contributed by atoms with Gasteiger partial charge in [0.2, 0.25) is 0 Å². The van der Waals surface area contributed by atoms with E-state index in [0.29, 0.717) is 23.7 Å². The SMILES string of the molecule is C[C@@H]1CC[C@H]2C[C@@H]3[C@@H](C)C(O)CC(O)[C@@]3(C)CC[C@@H]1C2(C)C. The second-order valence-corrected chi connectivity index (χ2v) is 9.74. The molecule has 3 aliphatic rings. The fraction of sp³-hybridized carbons (Fsp3) is 1.00. The van der Waals surface area contributed by atoms with Crippen LogP contribution in [0.5, 0.6) is 0 Å². The minimum Gasteiger partial charge on any atom is -0.393 e. The van der Waals surface area contributed by atoms with Crippen molar-refractivity contribution in [1.82, 2.24) is 0 Å². The van der Waals surface area contributed by atoms with Gasteiger partial charge in [0.25, 0.3) is 0 Å². The third-order valence-electron chi connectivity index (χ3n) is 8.51. The van der Waals surface area contributed by atoms with E-state index >= 15 is 0 Å². The molecule has 0 aromatic heterocycles. The molecule has 2 unspecified atom stereocenters. The molecule has 0 amide bonds. The van der Waals surface area contributed by atoms with Gasteiger partial charge in [0.1, 0.15) is 0 Å². The zero-order valence-electron chi connectivity index (χ0n) is 15.2. The van der Waals surface area contributed by atoms with Crippen LogP contribution in [-0.4, -0.2) is 22.4 Å². The van der Waals surface area contributed by atoms with E-state index < -0.39 is 0 Å². The van der Waals surface area contributed by atoms with Gasteiger partial charge in [-0.25, -0.2) is 0 Å². The van der Waals surface area contributed by atoms with E-state index in [4.69, 9.17) is 0 Å². The summed E-state index contributed by atoms with van der Waals surface area (Å²) in [5.74, 6) is 3.14. The Kier molecular flexibility index (Phi) is 4.18.